The van der Waals surface area contributed by atoms with E-state index in [-0.39, 0.29) is 12.3 Å². The molecule has 1 aromatic carbocycles. The normalized spacial score (nSPS) is 10.8. The molecule has 0 aliphatic rings. The highest BCUT2D eigenvalue weighted by Gasteiger charge is 2.30. The van der Waals surface area contributed by atoms with E-state index in [1.165, 1.54) is 12.1 Å². The molecule has 2 aromatic heterocycles. The van der Waals surface area contributed by atoms with Crippen LogP contribution in [0.3, 0.4) is 0 Å². The van der Waals surface area contributed by atoms with E-state index in [2.05, 4.69) is 41.2 Å². The number of hydrogen-bond donors (Lipinski definition) is 4. The first kappa shape index (κ1) is 21.6. The lowest BCUT2D eigenvalue weighted by Gasteiger charge is -2.11. The van der Waals surface area contributed by atoms with Crippen molar-refractivity contribution in [3.63, 3.8) is 0 Å². The van der Waals surface area contributed by atoms with Crippen LogP contribution in [0.5, 0.6) is 5.75 Å². The number of urea groups is 1. The Labute approximate surface area is 175 Å². The summed E-state index contributed by atoms with van der Waals surface area (Å²) in [4.78, 5) is 15.8. The molecule has 0 aliphatic carbocycles. The Bertz CT molecular complexity index is 969. The summed E-state index contributed by atoms with van der Waals surface area (Å²) < 4.78 is 40.2. The third kappa shape index (κ3) is 7.68. The molecule has 162 valence electrons. The van der Waals surface area contributed by atoms with Crippen molar-refractivity contribution in [2.75, 3.05) is 29.0 Å². The summed E-state index contributed by atoms with van der Waals surface area (Å²) in [5.74, 6) is 0.715. The van der Waals surface area contributed by atoms with E-state index in [9.17, 15) is 18.0 Å². The molecule has 0 bridgehead atoms. The lowest BCUT2D eigenvalue weighted by atomic mass is 10.3. The first-order valence-corrected chi connectivity index (χ1v) is 9.03. The molecule has 3 aromatic rings. The van der Waals surface area contributed by atoms with Gasteiger partial charge in [0.25, 0.3) is 0 Å². The van der Waals surface area contributed by atoms with Gasteiger partial charge in [-0.3, -0.25) is 4.98 Å². The van der Waals surface area contributed by atoms with Gasteiger partial charge in [0.05, 0.1) is 11.9 Å². The molecule has 12 heteroatoms. The number of carbonyl (C=O) groups is 1. The zero-order valence-electron chi connectivity index (χ0n) is 16.0. The van der Waals surface area contributed by atoms with Gasteiger partial charge in [-0.2, -0.15) is 0 Å². The van der Waals surface area contributed by atoms with Crippen molar-refractivity contribution in [3.05, 3.63) is 60.9 Å². The summed E-state index contributed by atoms with van der Waals surface area (Å²) in [5, 5.41) is 19.2. The summed E-state index contributed by atoms with van der Waals surface area (Å²) >= 11 is 0. The van der Waals surface area contributed by atoms with E-state index < -0.39 is 12.4 Å². The van der Waals surface area contributed by atoms with E-state index in [1.54, 1.807) is 30.6 Å². The Morgan fingerprint density at radius 1 is 0.935 bits per heavy atom. The number of carbonyl (C=O) groups excluding carboxylic acids is 1. The second-order valence-electron chi connectivity index (χ2n) is 6.05. The number of hydrogen-bond acceptors (Lipinski definition) is 7. The van der Waals surface area contributed by atoms with Crippen molar-refractivity contribution in [1.29, 1.82) is 0 Å². The molecule has 3 rings (SSSR count). The Kier molecular flexibility index (Phi) is 7.04. The monoisotopic (exact) mass is 433 g/mol. The molecule has 0 atom stereocenters. The molecule has 0 aliphatic heterocycles. The Morgan fingerprint density at radius 2 is 1.68 bits per heavy atom. The van der Waals surface area contributed by atoms with Gasteiger partial charge in [0.1, 0.15) is 11.6 Å². The summed E-state index contributed by atoms with van der Waals surface area (Å²) in [6.45, 7) is 0.661. The van der Waals surface area contributed by atoms with Crippen molar-refractivity contribution >= 4 is 29.0 Å². The topological polar surface area (TPSA) is 113 Å². The highest BCUT2D eigenvalue weighted by atomic mass is 19.4. The van der Waals surface area contributed by atoms with Gasteiger partial charge in [-0.15, -0.1) is 23.4 Å². The molecule has 2 amide bonds. The van der Waals surface area contributed by atoms with Crippen molar-refractivity contribution in [2.24, 2.45) is 0 Å². The zero-order valence-corrected chi connectivity index (χ0v) is 16.0. The van der Waals surface area contributed by atoms with Crippen LogP contribution in [0.4, 0.5) is 41.0 Å². The van der Waals surface area contributed by atoms with E-state index in [1.807, 2.05) is 6.07 Å². The molecule has 2 heterocycles. The standard InChI is InChI=1S/C19H18F3N7O2/c20-19(21,22)31-15-5-3-13(4-6-15)27-18(30)25-11-10-24-16-7-8-17(29-28-16)26-14-2-1-9-23-12-14/h1-9,12H,10-11H2,(H,24,28)(H,26,29)(H2,25,27,30). The van der Waals surface area contributed by atoms with Gasteiger partial charge in [0.2, 0.25) is 0 Å². The molecule has 0 unspecified atom stereocenters. The van der Waals surface area contributed by atoms with E-state index in [4.69, 9.17) is 0 Å². The first-order chi connectivity index (χ1) is 14.9. The second kappa shape index (κ2) is 10.1. The summed E-state index contributed by atoms with van der Waals surface area (Å²) in [5.41, 5.74) is 1.11. The molecule has 0 radical (unpaired) electrons. The fourth-order valence-corrected chi connectivity index (χ4v) is 2.36. The SMILES string of the molecule is O=C(NCCNc1ccc(Nc2cccnc2)nn1)Nc1ccc(OC(F)(F)F)cc1. The molecule has 0 fully saturated rings. The van der Waals surface area contributed by atoms with Crippen molar-refractivity contribution < 1.29 is 22.7 Å². The second-order valence-corrected chi connectivity index (χ2v) is 6.05. The summed E-state index contributed by atoms with van der Waals surface area (Å²) in [6.07, 6.45) is -1.43. The maximum Gasteiger partial charge on any atom is 0.573 e. The van der Waals surface area contributed by atoms with Crippen LogP contribution in [-0.4, -0.2) is 40.7 Å². The third-order valence-electron chi connectivity index (χ3n) is 3.66. The minimum Gasteiger partial charge on any atom is -0.406 e. The molecule has 4 N–H and O–H groups in total. The minimum atomic E-state index is -4.76. The van der Waals surface area contributed by atoms with Crippen molar-refractivity contribution in [1.82, 2.24) is 20.5 Å². The first-order valence-electron chi connectivity index (χ1n) is 9.03. The van der Waals surface area contributed by atoms with Crippen LogP contribution < -0.4 is 26.0 Å². The fraction of sp³-hybridized carbons (Fsp3) is 0.158. The minimum absolute atomic E-state index is 0.276. The predicted molar refractivity (Wildman–Crippen MR) is 108 cm³/mol. The highest BCUT2D eigenvalue weighted by Crippen LogP contribution is 2.23. The lowest BCUT2D eigenvalue weighted by molar-refractivity contribution is -0.274. The van der Waals surface area contributed by atoms with Crippen molar-refractivity contribution in [2.45, 2.75) is 6.36 Å². The van der Waals surface area contributed by atoms with Gasteiger partial charge in [-0.1, -0.05) is 0 Å². The van der Waals surface area contributed by atoms with Gasteiger partial charge in [-0.05, 0) is 48.5 Å². The maximum atomic E-state index is 12.1. The third-order valence-corrected chi connectivity index (χ3v) is 3.66. The molecular formula is C19H18F3N7O2. The van der Waals surface area contributed by atoms with E-state index in [0.29, 0.717) is 23.9 Å². The predicted octanol–water partition coefficient (Wildman–Crippen LogP) is 3.75. The van der Waals surface area contributed by atoms with Crippen LogP contribution in [0, 0.1) is 0 Å². The quantitative estimate of drug-likeness (QED) is 0.400. The van der Waals surface area contributed by atoms with Crippen LogP contribution in [0.1, 0.15) is 0 Å². The number of aromatic nitrogens is 3. The number of nitrogens with zero attached hydrogens (tertiary/aromatic N) is 3. The number of anilines is 4. The smallest absolute Gasteiger partial charge is 0.406 e. The summed E-state index contributed by atoms with van der Waals surface area (Å²) in [6, 6.07) is 11.4. The van der Waals surface area contributed by atoms with Gasteiger partial charge < -0.3 is 26.0 Å². The zero-order chi connectivity index (χ0) is 22.1. The molecule has 0 saturated carbocycles. The molecule has 0 spiro atoms. The number of amides is 2. The maximum absolute atomic E-state index is 12.1. The lowest BCUT2D eigenvalue weighted by Crippen LogP contribution is -2.32. The fourth-order valence-electron chi connectivity index (χ4n) is 2.36. The number of alkyl halides is 3. The van der Waals surface area contributed by atoms with Gasteiger partial charge in [0.15, 0.2) is 5.82 Å². The number of benzene rings is 1. The highest BCUT2D eigenvalue weighted by molar-refractivity contribution is 5.89. The molecular weight excluding hydrogens is 415 g/mol. The molecule has 0 saturated heterocycles. The van der Waals surface area contributed by atoms with Crippen LogP contribution in [0.15, 0.2) is 60.9 Å². The molecule has 9 nitrogen and oxygen atoms in total. The number of rotatable bonds is 8. The Morgan fingerprint density at radius 3 is 2.32 bits per heavy atom. The van der Waals surface area contributed by atoms with Crippen LogP contribution in [0.25, 0.3) is 0 Å². The van der Waals surface area contributed by atoms with Gasteiger partial charge >= 0.3 is 12.4 Å². The average Bonchev–Trinajstić information content (AvgIpc) is 2.73. The van der Waals surface area contributed by atoms with Gasteiger partial charge in [-0.25, -0.2) is 4.79 Å². The number of halogens is 3. The average molecular weight is 433 g/mol. The summed E-state index contributed by atoms with van der Waals surface area (Å²) in [7, 11) is 0. The van der Waals surface area contributed by atoms with Crippen LogP contribution >= 0.6 is 0 Å². The number of nitrogens with one attached hydrogen (secondary N) is 4. The number of ether oxygens (including phenoxy) is 1. The Balaban J connectivity index is 1.36. The number of pyridine rings is 1. The van der Waals surface area contributed by atoms with E-state index >= 15 is 0 Å². The largest absolute Gasteiger partial charge is 0.573 e. The molecule has 31 heavy (non-hydrogen) atoms. The van der Waals surface area contributed by atoms with E-state index in [0.717, 1.165) is 17.8 Å². The van der Waals surface area contributed by atoms with Crippen molar-refractivity contribution in [3.8, 4) is 5.75 Å². The van der Waals surface area contributed by atoms with Gasteiger partial charge in [0, 0.05) is 25.0 Å². The van der Waals surface area contributed by atoms with Crippen LogP contribution in [0.2, 0.25) is 0 Å². The van der Waals surface area contributed by atoms with Crippen LogP contribution in [-0.2, 0) is 0 Å². The Hall–Kier alpha value is -4.09.